The average Bonchev–Trinajstić information content (AvgIpc) is 2.78. The van der Waals surface area contributed by atoms with Crippen LogP contribution in [0.3, 0.4) is 0 Å². The van der Waals surface area contributed by atoms with E-state index in [9.17, 15) is 13.2 Å². The fourth-order valence-corrected chi connectivity index (χ4v) is 3.24. The van der Waals surface area contributed by atoms with E-state index in [-0.39, 0.29) is 24.3 Å². The van der Waals surface area contributed by atoms with Gasteiger partial charge >= 0.3 is 0 Å². The van der Waals surface area contributed by atoms with Crippen molar-refractivity contribution < 1.29 is 13.2 Å². The number of para-hydroxylation sites is 1. The summed E-state index contributed by atoms with van der Waals surface area (Å²) < 4.78 is 41.3. The number of aromatic amines is 1. The molecule has 1 aromatic heterocycles. The highest BCUT2D eigenvalue weighted by Crippen LogP contribution is 2.68. The van der Waals surface area contributed by atoms with E-state index in [4.69, 9.17) is 0 Å². The summed E-state index contributed by atoms with van der Waals surface area (Å²) in [5.74, 6) is -3.93. The van der Waals surface area contributed by atoms with Gasteiger partial charge in [-0.1, -0.05) is 12.1 Å². The minimum Gasteiger partial charge on any atom is -0.315 e. The van der Waals surface area contributed by atoms with E-state index in [1.807, 2.05) is 0 Å². The van der Waals surface area contributed by atoms with Crippen molar-refractivity contribution in [3.8, 4) is 0 Å². The number of hydrogen-bond donors (Lipinski definition) is 2. The number of aromatic nitrogens is 2. The van der Waals surface area contributed by atoms with E-state index in [2.05, 4.69) is 15.5 Å². The molecule has 1 aromatic carbocycles. The van der Waals surface area contributed by atoms with Crippen molar-refractivity contribution in [2.24, 2.45) is 5.92 Å². The largest absolute Gasteiger partial charge is 0.315 e. The number of nitrogens with one attached hydrogen (secondary N) is 2. The highest BCUT2D eigenvalue weighted by molar-refractivity contribution is 5.84. The fraction of sp³-hybridized carbons (Fsp3) is 0.417. The molecule has 0 spiro atoms. The predicted octanol–water partition coefficient (Wildman–Crippen LogP) is 1.81. The molecular formula is C12H10F3N3. The third kappa shape index (κ3) is 0.913. The number of halogens is 3. The monoisotopic (exact) mass is 253 g/mol. The molecule has 6 heteroatoms. The summed E-state index contributed by atoms with van der Waals surface area (Å²) in [6.07, 6.45) is 0. The van der Waals surface area contributed by atoms with Crippen LogP contribution >= 0.6 is 0 Å². The number of nitrogens with zero attached hydrogens (tertiary/aromatic N) is 1. The number of rotatable bonds is 1. The quantitative estimate of drug-likeness (QED) is 0.813. The summed E-state index contributed by atoms with van der Waals surface area (Å²) in [5.41, 5.74) is -0.758. The first-order valence-corrected chi connectivity index (χ1v) is 5.80. The smallest absolute Gasteiger partial charge is 0.266 e. The van der Waals surface area contributed by atoms with E-state index < -0.39 is 23.1 Å². The summed E-state index contributed by atoms with van der Waals surface area (Å²) in [6, 6.07) is 4.44. The minimum absolute atomic E-state index is 0.196. The number of piperidine rings is 1. The van der Waals surface area contributed by atoms with Crippen LogP contribution in [0.5, 0.6) is 0 Å². The van der Waals surface area contributed by atoms with Crippen LogP contribution in [0.2, 0.25) is 0 Å². The number of hydrogen-bond acceptors (Lipinski definition) is 2. The lowest BCUT2D eigenvalue weighted by Gasteiger charge is -2.12. The topological polar surface area (TPSA) is 40.7 Å². The minimum atomic E-state index is -2.74. The van der Waals surface area contributed by atoms with Crippen molar-refractivity contribution in [1.29, 1.82) is 0 Å². The van der Waals surface area contributed by atoms with E-state index in [0.717, 1.165) is 0 Å². The van der Waals surface area contributed by atoms with Gasteiger partial charge in [-0.3, -0.25) is 5.10 Å². The van der Waals surface area contributed by atoms with E-state index in [1.165, 1.54) is 12.1 Å². The molecule has 0 bridgehead atoms. The molecular weight excluding hydrogens is 243 g/mol. The lowest BCUT2D eigenvalue weighted by molar-refractivity contribution is 0.0671. The molecule has 1 saturated carbocycles. The Hall–Kier alpha value is -1.56. The highest BCUT2D eigenvalue weighted by Gasteiger charge is 2.84. The zero-order valence-electron chi connectivity index (χ0n) is 9.30. The molecule has 3 nitrogen and oxygen atoms in total. The molecule has 2 atom stereocenters. The van der Waals surface area contributed by atoms with Gasteiger partial charge in [0.25, 0.3) is 5.92 Å². The summed E-state index contributed by atoms with van der Waals surface area (Å²) in [4.78, 5) is 0. The molecule has 2 heterocycles. The first-order chi connectivity index (χ1) is 8.59. The summed E-state index contributed by atoms with van der Waals surface area (Å²) >= 11 is 0. The number of H-pyrrole nitrogens is 1. The standard InChI is InChI=1S/C12H10F3N3/c13-7-3-1-2-6-9(7)17-18-10(6)11-5-16-4-8(11)12(11,14)15/h1-3,8,16H,4-5H2,(H,17,18). The van der Waals surface area contributed by atoms with Crippen molar-refractivity contribution in [3.05, 3.63) is 29.7 Å². The van der Waals surface area contributed by atoms with Gasteiger partial charge in [-0.25, -0.2) is 13.2 Å². The number of alkyl halides is 2. The fourth-order valence-electron chi connectivity index (χ4n) is 3.24. The molecule has 2 unspecified atom stereocenters. The normalized spacial score (nSPS) is 32.7. The first kappa shape index (κ1) is 10.4. The Kier molecular flexibility index (Phi) is 1.66. The van der Waals surface area contributed by atoms with E-state index in [0.29, 0.717) is 5.39 Å². The molecule has 0 radical (unpaired) electrons. The second kappa shape index (κ2) is 2.88. The van der Waals surface area contributed by atoms with E-state index in [1.54, 1.807) is 6.07 Å². The van der Waals surface area contributed by atoms with Crippen molar-refractivity contribution in [2.45, 2.75) is 11.3 Å². The summed E-state index contributed by atoms with van der Waals surface area (Å²) in [6.45, 7) is 0.484. The maximum atomic E-state index is 13.9. The third-order valence-corrected chi connectivity index (χ3v) is 4.27. The van der Waals surface area contributed by atoms with Crippen LogP contribution in [-0.4, -0.2) is 29.2 Å². The predicted molar refractivity (Wildman–Crippen MR) is 59.0 cm³/mol. The van der Waals surface area contributed by atoms with Gasteiger partial charge in [0.15, 0.2) is 0 Å². The lowest BCUT2D eigenvalue weighted by atomic mass is 9.97. The molecule has 2 aromatic rings. The first-order valence-electron chi connectivity index (χ1n) is 5.80. The zero-order chi connectivity index (χ0) is 12.5. The van der Waals surface area contributed by atoms with Gasteiger partial charge in [0.1, 0.15) is 16.7 Å². The summed E-state index contributed by atoms with van der Waals surface area (Å²) in [7, 11) is 0. The van der Waals surface area contributed by atoms with Crippen molar-refractivity contribution >= 4 is 10.9 Å². The van der Waals surface area contributed by atoms with Gasteiger partial charge < -0.3 is 5.32 Å². The van der Waals surface area contributed by atoms with Crippen LogP contribution in [0.1, 0.15) is 5.69 Å². The zero-order valence-corrected chi connectivity index (χ0v) is 9.30. The number of fused-ring (bicyclic) bond motifs is 2. The Morgan fingerprint density at radius 3 is 2.89 bits per heavy atom. The molecule has 2 fully saturated rings. The Balaban J connectivity index is 1.97. The van der Waals surface area contributed by atoms with Crippen molar-refractivity contribution in [3.63, 3.8) is 0 Å². The highest BCUT2D eigenvalue weighted by atomic mass is 19.3. The molecule has 94 valence electrons. The van der Waals surface area contributed by atoms with Crippen LogP contribution in [-0.2, 0) is 5.41 Å². The molecule has 1 aliphatic carbocycles. The van der Waals surface area contributed by atoms with Gasteiger partial charge in [0, 0.05) is 18.5 Å². The second-order valence-electron chi connectivity index (χ2n) is 5.01. The van der Waals surface area contributed by atoms with Crippen LogP contribution in [0, 0.1) is 11.7 Å². The SMILES string of the molecule is Fc1cccc2c(C34CNCC3C4(F)F)n[nH]c12. The molecule has 1 aliphatic heterocycles. The number of benzene rings is 1. The summed E-state index contributed by atoms with van der Waals surface area (Å²) in [5, 5.41) is 9.92. The van der Waals surface area contributed by atoms with E-state index >= 15 is 0 Å². The molecule has 1 saturated heterocycles. The maximum Gasteiger partial charge on any atom is 0.266 e. The average molecular weight is 253 g/mol. The van der Waals surface area contributed by atoms with Crippen LogP contribution < -0.4 is 5.32 Å². The molecule has 0 amide bonds. The van der Waals surface area contributed by atoms with Crippen LogP contribution in [0.25, 0.3) is 10.9 Å². The van der Waals surface area contributed by atoms with Crippen LogP contribution in [0.4, 0.5) is 13.2 Å². The van der Waals surface area contributed by atoms with Gasteiger partial charge in [0.2, 0.25) is 0 Å². The Bertz CT molecular complexity index is 651. The Morgan fingerprint density at radius 2 is 2.17 bits per heavy atom. The molecule has 2 aliphatic rings. The Labute approximate surface area is 100 Å². The van der Waals surface area contributed by atoms with Crippen molar-refractivity contribution in [1.82, 2.24) is 15.5 Å². The van der Waals surface area contributed by atoms with Gasteiger partial charge in [-0.05, 0) is 6.07 Å². The molecule has 2 N–H and O–H groups in total. The lowest BCUT2D eigenvalue weighted by Crippen LogP contribution is -2.29. The molecule has 4 rings (SSSR count). The third-order valence-electron chi connectivity index (χ3n) is 4.27. The van der Waals surface area contributed by atoms with Crippen molar-refractivity contribution in [2.75, 3.05) is 13.1 Å². The maximum absolute atomic E-state index is 13.9. The Morgan fingerprint density at radius 1 is 1.33 bits per heavy atom. The van der Waals surface area contributed by atoms with Gasteiger partial charge in [-0.15, -0.1) is 0 Å². The second-order valence-corrected chi connectivity index (χ2v) is 5.01. The van der Waals surface area contributed by atoms with Crippen LogP contribution in [0.15, 0.2) is 18.2 Å². The van der Waals surface area contributed by atoms with Gasteiger partial charge in [0.05, 0.1) is 11.6 Å². The molecule has 18 heavy (non-hydrogen) atoms. The van der Waals surface area contributed by atoms with Gasteiger partial charge in [-0.2, -0.15) is 5.10 Å².